The van der Waals surface area contributed by atoms with E-state index in [-0.39, 0.29) is 5.91 Å². The molecule has 4 heteroatoms. The molecule has 0 aliphatic rings. The van der Waals surface area contributed by atoms with E-state index in [1.54, 1.807) is 24.3 Å². The van der Waals surface area contributed by atoms with Gasteiger partial charge in [-0.15, -0.1) is 0 Å². The molecule has 0 fully saturated rings. The second kappa shape index (κ2) is 7.65. The third kappa shape index (κ3) is 3.88. The third-order valence-corrected chi connectivity index (χ3v) is 4.13. The van der Waals surface area contributed by atoms with Gasteiger partial charge < -0.3 is 5.32 Å². The number of hydrogen-bond acceptors (Lipinski definition) is 2. The summed E-state index contributed by atoms with van der Waals surface area (Å²) in [6.07, 6.45) is 0. The fourth-order valence-electron chi connectivity index (χ4n) is 2.61. The van der Waals surface area contributed by atoms with E-state index in [0.717, 1.165) is 16.7 Å². The lowest BCUT2D eigenvalue weighted by atomic mass is 9.95. The van der Waals surface area contributed by atoms with Crippen LogP contribution >= 0.6 is 11.6 Å². The highest BCUT2D eigenvalue weighted by molar-refractivity contribution is 6.30. The molecule has 1 amide bonds. The van der Waals surface area contributed by atoms with Crippen molar-refractivity contribution in [1.29, 1.82) is 5.26 Å². The Labute approximate surface area is 151 Å². The van der Waals surface area contributed by atoms with Crippen LogP contribution in [-0.4, -0.2) is 5.91 Å². The number of halogens is 1. The third-order valence-electron chi connectivity index (χ3n) is 3.88. The Balaban J connectivity index is 1.86. The van der Waals surface area contributed by atoms with Crippen molar-refractivity contribution in [3.63, 3.8) is 0 Å². The Morgan fingerprint density at radius 2 is 1.56 bits per heavy atom. The van der Waals surface area contributed by atoms with Crippen LogP contribution in [0.3, 0.4) is 0 Å². The first kappa shape index (κ1) is 16.8. The average molecular weight is 347 g/mol. The van der Waals surface area contributed by atoms with Gasteiger partial charge in [-0.25, -0.2) is 0 Å². The van der Waals surface area contributed by atoms with Crippen molar-refractivity contribution in [2.24, 2.45) is 0 Å². The summed E-state index contributed by atoms with van der Waals surface area (Å²) in [6.45, 7) is 0.407. The van der Waals surface area contributed by atoms with E-state index in [4.69, 9.17) is 11.6 Å². The highest BCUT2D eigenvalue weighted by Crippen LogP contribution is 2.26. The van der Waals surface area contributed by atoms with Crippen LogP contribution in [0.25, 0.3) is 11.1 Å². The summed E-state index contributed by atoms with van der Waals surface area (Å²) < 4.78 is 0. The van der Waals surface area contributed by atoms with E-state index in [1.807, 2.05) is 48.5 Å². The first-order chi connectivity index (χ1) is 12.2. The summed E-state index contributed by atoms with van der Waals surface area (Å²) in [5.74, 6) is -0.182. The molecule has 0 bridgehead atoms. The zero-order valence-electron chi connectivity index (χ0n) is 13.4. The molecule has 0 spiro atoms. The van der Waals surface area contributed by atoms with Gasteiger partial charge in [-0.1, -0.05) is 60.1 Å². The molecule has 3 aromatic rings. The van der Waals surface area contributed by atoms with E-state index in [0.29, 0.717) is 22.7 Å². The number of hydrogen-bond donors (Lipinski definition) is 1. The molecule has 0 unspecified atom stereocenters. The second-order valence-corrected chi connectivity index (χ2v) is 5.95. The Morgan fingerprint density at radius 1 is 0.920 bits per heavy atom. The highest BCUT2D eigenvalue weighted by atomic mass is 35.5. The Kier molecular flexibility index (Phi) is 5.13. The summed E-state index contributed by atoms with van der Waals surface area (Å²) in [6, 6.07) is 24.1. The maximum atomic E-state index is 12.7. The molecular weight excluding hydrogens is 332 g/mol. The van der Waals surface area contributed by atoms with Gasteiger partial charge in [0.2, 0.25) is 0 Å². The summed E-state index contributed by atoms with van der Waals surface area (Å²) in [5, 5.41) is 12.9. The van der Waals surface area contributed by atoms with Crippen molar-refractivity contribution in [1.82, 2.24) is 5.32 Å². The Morgan fingerprint density at radius 3 is 2.28 bits per heavy atom. The fraction of sp³-hybridized carbons (Fsp3) is 0.0476. The smallest absolute Gasteiger partial charge is 0.252 e. The van der Waals surface area contributed by atoms with Crippen LogP contribution in [0.15, 0.2) is 72.8 Å². The standard InChI is InChI=1S/C21H15ClN2O/c22-17-11-9-15(10-12-17)14-24-21(25)20-8-4-3-7-19(20)18-6-2-1-5-16(18)13-23/h1-12H,14H2,(H,24,25). The zero-order valence-corrected chi connectivity index (χ0v) is 14.1. The number of amides is 1. The van der Waals surface area contributed by atoms with E-state index >= 15 is 0 Å². The van der Waals surface area contributed by atoms with Gasteiger partial charge in [-0.3, -0.25) is 4.79 Å². The predicted octanol–water partition coefficient (Wildman–Crippen LogP) is 4.81. The van der Waals surface area contributed by atoms with Crippen LogP contribution in [0.5, 0.6) is 0 Å². The van der Waals surface area contributed by atoms with Crippen molar-refractivity contribution in [3.05, 3.63) is 94.5 Å². The molecule has 0 saturated carbocycles. The molecule has 0 aromatic heterocycles. The molecule has 0 atom stereocenters. The predicted molar refractivity (Wildman–Crippen MR) is 99.2 cm³/mol. The zero-order chi connectivity index (χ0) is 17.6. The van der Waals surface area contributed by atoms with Gasteiger partial charge >= 0.3 is 0 Å². The van der Waals surface area contributed by atoms with Gasteiger partial charge in [0.25, 0.3) is 5.91 Å². The number of carbonyl (C=O) groups excluding carboxylic acids is 1. The van der Waals surface area contributed by atoms with Gasteiger partial charge in [0, 0.05) is 22.7 Å². The topological polar surface area (TPSA) is 52.9 Å². The molecule has 0 saturated heterocycles. The van der Waals surface area contributed by atoms with Gasteiger partial charge in [0.1, 0.15) is 0 Å². The molecule has 1 N–H and O–H groups in total. The van der Waals surface area contributed by atoms with Crippen molar-refractivity contribution in [2.75, 3.05) is 0 Å². The number of nitrogens with one attached hydrogen (secondary N) is 1. The number of benzene rings is 3. The van der Waals surface area contributed by atoms with Crippen molar-refractivity contribution >= 4 is 17.5 Å². The number of carbonyl (C=O) groups is 1. The first-order valence-electron chi connectivity index (χ1n) is 7.80. The minimum atomic E-state index is -0.182. The Bertz CT molecular complexity index is 943. The minimum Gasteiger partial charge on any atom is -0.348 e. The molecule has 0 aliphatic heterocycles. The molecule has 0 aliphatic carbocycles. The van der Waals surface area contributed by atoms with Crippen LogP contribution in [0.2, 0.25) is 5.02 Å². The van der Waals surface area contributed by atoms with E-state index in [2.05, 4.69) is 11.4 Å². The van der Waals surface area contributed by atoms with Crippen LogP contribution in [0, 0.1) is 11.3 Å². The van der Waals surface area contributed by atoms with Crippen molar-refractivity contribution in [3.8, 4) is 17.2 Å². The van der Waals surface area contributed by atoms with Gasteiger partial charge in [-0.2, -0.15) is 5.26 Å². The maximum Gasteiger partial charge on any atom is 0.252 e. The summed E-state index contributed by atoms with van der Waals surface area (Å²) in [5.41, 5.74) is 3.54. The van der Waals surface area contributed by atoms with Crippen LogP contribution in [-0.2, 0) is 6.54 Å². The van der Waals surface area contributed by atoms with E-state index in [9.17, 15) is 10.1 Å². The molecule has 0 radical (unpaired) electrons. The monoisotopic (exact) mass is 346 g/mol. The molecule has 0 heterocycles. The minimum absolute atomic E-state index is 0.182. The van der Waals surface area contributed by atoms with E-state index < -0.39 is 0 Å². The van der Waals surface area contributed by atoms with Crippen LogP contribution in [0.1, 0.15) is 21.5 Å². The quantitative estimate of drug-likeness (QED) is 0.737. The fourth-order valence-corrected chi connectivity index (χ4v) is 2.74. The summed E-state index contributed by atoms with van der Waals surface area (Å²) in [4.78, 5) is 12.7. The second-order valence-electron chi connectivity index (χ2n) is 5.51. The van der Waals surface area contributed by atoms with Crippen LogP contribution in [0.4, 0.5) is 0 Å². The highest BCUT2D eigenvalue weighted by Gasteiger charge is 2.14. The molecule has 3 nitrogen and oxygen atoms in total. The first-order valence-corrected chi connectivity index (χ1v) is 8.18. The number of nitriles is 1. The lowest BCUT2D eigenvalue weighted by Crippen LogP contribution is -2.23. The number of nitrogens with zero attached hydrogens (tertiary/aromatic N) is 1. The molecule has 122 valence electrons. The van der Waals surface area contributed by atoms with Gasteiger partial charge in [0.15, 0.2) is 0 Å². The molecule has 3 aromatic carbocycles. The Hall–Kier alpha value is -3.09. The molecule has 3 rings (SSSR count). The molecule has 25 heavy (non-hydrogen) atoms. The SMILES string of the molecule is N#Cc1ccccc1-c1ccccc1C(=O)NCc1ccc(Cl)cc1. The lowest BCUT2D eigenvalue weighted by molar-refractivity contribution is 0.0951. The largest absolute Gasteiger partial charge is 0.348 e. The summed E-state index contributed by atoms with van der Waals surface area (Å²) in [7, 11) is 0. The normalized spacial score (nSPS) is 10.1. The maximum absolute atomic E-state index is 12.7. The lowest BCUT2D eigenvalue weighted by Gasteiger charge is -2.11. The summed E-state index contributed by atoms with van der Waals surface area (Å²) >= 11 is 5.87. The average Bonchev–Trinajstić information content (AvgIpc) is 2.67. The molecular formula is C21H15ClN2O. The van der Waals surface area contributed by atoms with Crippen molar-refractivity contribution < 1.29 is 4.79 Å². The van der Waals surface area contributed by atoms with Gasteiger partial charge in [-0.05, 0) is 35.4 Å². The van der Waals surface area contributed by atoms with Crippen molar-refractivity contribution in [2.45, 2.75) is 6.54 Å². The van der Waals surface area contributed by atoms with E-state index in [1.165, 1.54) is 0 Å². The number of rotatable bonds is 4. The van der Waals surface area contributed by atoms with Gasteiger partial charge in [0.05, 0.1) is 11.6 Å². The van der Waals surface area contributed by atoms with Crippen LogP contribution < -0.4 is 5.32 Å².